The van der Waals surface area contributed by atoms with Crippen LogP contribution in [0.3, 0.4) is 0 Å². The van der Waals surface area contributed by atoms with Crippen LogP contribution in [0.15, 0.2) is 30.3 Å². The summed E-state index contributed by atoms with van der Waals surface area (Å²) in [6.07, 6.45) is 1.02. The van der Waals surface area contributed by atoms with Crippen molar-refractivity contribution in [3.8, 4) is 0 Å². The van der Waals surface area contributed by atoms with Crippen LogP contribution in [0.4, 0.5) is 0 Å². The standard InChI is InChI=1S/C16H24N2O3/c1-2-8-17-15-11-21-10-13(15)16(20)18-14(9-19)12-6-4-3-5-7-12/h3-7,13-15,17,19H,2,8-11H2,1H3,(H,18,20)/t13?,14-,15?/m1/s1. The van der Waals surface area contributed by atoms with Crippen molar-refractivity contribution in [1.29, 1.82) is 0 Å². The first kappa shape index (κ1) is 15.9. The second-order valence-electron chi connectivity index (χ2n) is 5.36. The molecule has 1 saturated heterocycles. The van der Waals surface area contributed by atoms with Gasteiger partial charge in [-0.2, -0.15) is 0 Å². The molecule has 1 aromatic carbocycles. The molecule has 1 aromatic rings. The largest absolute Gasteiger partial charge is 0.394 e. The monoisotopic (exact) mass is 292 g/mol. The van der Waals surface area contributed by atoms with Gasteiger partial charge >= 0.3 is 0 Å². The Kier molecular flexibility index (Phi) is 6.17. The van der Waals surface area contributed by atoms with E-state index in [2.05, 4.69) is 17.6 Å². The van der Waals surface area contributed by atoms with Crippen molar-refractivity contribution in [2.24, 2.45) is 5.92 Å². The minimum absolute atomic E-state index is 0.0556. The molecule has 1 aliphatic heterocycles. The zero-order valence-electron chi connectivity index (χ0n) is 12.4. The SMILES string of the molecule is CCCNC1COCC1C(=O)N[C@H](CO)c1ccccc1. The first-order valence-corrected chi connectivity index (χ1v) is 7.53. The zero-order valence-corrected chi connectivity index (χ0v) is 12.4. The van der Waals surface area contributed by atoms with E-state index in [1.54, 1.807) is 0 Å². The maximum Gasteiger partial charge on any atom is 0.227 e. The van der Waals surface area contributed by atoms with Gasteiger partial charge in [-0.25, -0.2) is 0 Å². The lowest BCUT2D eigenvalue weighted by Gasteiger charge is -2.22. The van der Waals surface area contributed by atoms with Gasteiger partial charge in [0.2, 0.25) is 5.91 Å². The molecule has 5 nitrogen and oxygen atoms in total. The molecule has 3 N–H and O–H groups in total. The van der Waals surface area contributed by atoms with Crippen LogP contribution in [0.2, 0.25) is 0 Å². The lowest BCUT2D eigenvalue weighted by molar-refractivity contribution is -0.126. The molecule has 3 atom stereocenters. The topological polar surface area (TPSA) is 70.6 Å². The molecule has 0 radical (unpaired) electrons. The maximum absolute atomic E-state index is 12.4. The fraction of sp³-hybridized carbons (Fsp3) is 0.562. The highest BCUT2D eigenvalue weighted by Gasteiger charge is 2.34. The number of carbonyl (C=O) groups excluding carboxylic acids is 1. The van der Waals surface area contributed by atoms with Crippen LogP contribution in [0.25, 0.3) is 0 Å². The number of rotatable bonds is 7. The summed E-state index contributed by atoms with van der Waals surface area (Å²) in [4.78, 5) is 12.4. The van der Waals surface area contributed by atoms with E-state index < -0.39 is 0 Å². The number of nitrogens with one attached hydrogen (secondary N) is 2. The summed E-state index contributed by atoms with van der Waals surface area (Å²) in [5.41, 5.74) is 0.908. The number of aliphatic hydroxyl groups excluding tert-OH is 1. The molecule has 2 rings (SSSR count). The minimum atomic E-state index is -0.369. The van der Waals surface area contributed by atoms with E-state index in [0.29, 0.717) is 13.2 Å². The van der Waals surface area contributed by atoms with Gasteiger partial charge in [0.15, 0.2) is 0 Å². The number of benzene rings is 1. The second kappa shape index (κ2) is 8.12. The van der Waals surface area contributed by atoms with Crippen molar-refractivity contribution in [3.05, 3.63) is 35.9 Å². The smallest absolute Gasteiger partial charge is 0.227 e. The summed E-state index contributed by atoms with van der Waals surface area (Å²) in [7, 11) is 0. The van der Waals surface area contributed by atoms with E-state index in [0.717, 1.165) is 18.5 Å². The Labute approximate surface area is 125 Å². The Hall–Kier alpha value is -1.43. The lowest BCUT2D eigenvalue weighted by Crippen LogP contribution is -2.45. The molecule has 0 aromatic heterocycles. The molecule has 0 bridgehead atoms. The molecule has 2 unspecified atom stereocenters. The van der Waals surface area contributed by atoms with E-state index in [1.807, 2.05) is 30.3 Å². The van der Waals surface area contributed by atoms with E-state index in [-0.39, 0.29) is 30.5 Å². The van der Waals surface area contributed by atoms with Crippen molar-refractivity contribution in [2.45, 2.75) is 25.4 Å². The van der Waals surface area contributed by atoms with Gasteiger partial charge in [0.05, 0.1) is 31.8 Å². The second-order valence-corrected chi connectivity index (χ2v) is 5.36. The zero-order chi connectivity index (χ0) is 15.1. The summed E-state index contributed by atoms with van der Waals surface area (Å²) in [5.74, 6) is -0.265. The van der Waals surface area contributed by atoms with Crippen LogP contribution in [0.1, 0.15) is 24.9 Å². The molecule has 1 amide bonds. The number of hydrogen-bond donors (Lipinski definition) is 3. The Morgan fingerprint density at radius 3 is 2.81 bits per heavy atom. The summed E-state index contributed by atoms with van der Waals surface area (Å²) < 4.78 is 5.42. The normalized spacial score (nSPS) is 23.0. The number of hydrogen-bond acceptors (Lipinski definition) is 4. The highest BCUT2D eigenvalue weighted by atomic mass is 16.5. The molecule has 1 heterocycles. The van der Waals surface area contributed by atoms with Crippen molar-refractivity contribution in [1.82, 2.24) is 10.6 Å². The summed E-state index contributed by atoms with van der Waals surface area (Å²) in [6, 6.07) is 9.20. The van der Waals surface area contributed by atoms with Gasteiger partial charge in [-0.1, -0.05) is 37.3 Å². The molecular weight excluding hydrogens is 268 g/mol. The fourth-order valence-electron chi connectivity index (χ4n) is 2.54. The molecule has 21 heavy (non-hydrogen) atoms. The summed E-state index contributed by atoms with van der Waals surface area (Å²) in [5, 5.41) is 15.8. The van der Waals surface area contributed by atoms with Gasteiger partial charge in [-0.3, -0.25) is 4.79 Å². The van der Waals surface area contributed by atoms with Gasteiger partial charge in [0, 0.05) is 6.04 Å². The summed E-state index contributed by atoms with van der Waals surface area (Å²) >= 11 is 0. The van der Waals surface area contributed by atoms with Gasteiger partial charge in [-0.05, 0) is 18.5 Å². The Morgan fingerprint density at radius 2 is 2.14 bits per heavy atom. The third-order valence-corrected chi connectivity index (χ3v) is 3.77. The first-order chi connectivity index (χ1) is 10.3. The molecule has 0 aliphatic carbocycles. The lowest BCUT2D eigenvalue weighted by atomic mass is 10.0. The van der Waals surface area contributed by atoms with E-state index in [4.69, 9.17) is 4.74 Å². The fourth-order valence-corrected chi connectivity index (χ4v) is 2.54. The van der Waals surface area contributed by atoms with E-state index in [9.17, 15) is 9.90 Å². The van der Waals surface area contributed by atoms with Crippen molar-refractivity contribution >= 4 is 5.91 Å². The van der Waals surface area contributed by atoms with Gasteiger partial charge in [0.25, 0.3) is 0 Å². The molecular formula is C16H24N2O3. The predicted molar refractivity (Wildman–Crippen MR) is 80.8 cm³/mol. The summed E-state index contributed by atoms with van der Waals surface area (Å²) in [6.45, 7) is 3.85. The van der Waals surface area contributed by atoms with Crippen LogP contribution in [0, 0.1) is 5.92 Å². The highest BCUT2D eigenvalue weighted by molar-refractivity contribution is 5.80. The third-order valence-electron chi connectivity index (χ3n) is 3.77. The van der Waals surface area contributed by atoms with Crippen LogP contribution >= 0.6 is 0 Å². The van der Waals surface area contributed by atoms with E-state index in [1.165, 1.54) is 0 Å². The Balaban J connectivity index is 1.96. The molecule has 1 fully saturated rings. The average molecular weight is 292 g/mol. The quantitative estimate of drug-likeness (QED) is 0.697. The third kappa shape index (κ3) is 4.27. The van der Waals surface area contributed by atoms with Crippen LogP contribution in [-0.2, 0) is 9.53 Å². The number of aliphatic hydroxyl groups is 1. The predicted octanol–water partition coefficient (Wildman–Crippen LogP) is 0.851. The van der Waals surface area contributed by atoms with E-state index >= 15 is 0 Å². The molecule has 1 aliphatic rings. The average Bonchev–Trinajstić information content (AvgIpc) is 2.99. The Morgan fingerprint density at radius 1 is 1.38 bits per heavy atom. The maximum atomic E-state index is 12.4. The van der Waals surface area contributed by atoms with Crippen molar-refractivity contribution < 1.29 is 14.6 Å². The number of amides is 1. The Bertz CT molecular complexity index is 438. The van der Waals surface area contributed by atoms with Crippen LogP contribution in [-0.4, -0.2) is 43.4 Å². The molecule has 0 saturated carbocycles. The highest BCUT2D eigenvalue weighted by Crippen LogP contribution is 2.17. The van der Waals surface area contributed by atoms with Gasteiger partial charge < -0.3 is 20.5 Å². The van der Waals surface area contributed by atoms with Crippen molar-refractivity contribution in [2.75, 3.05) is 26.4 Å². The van der Waals surface area contributed by atoms with Crippen molar-refractivity contribution in [3.63, 3.8) is 0 Å². The van der Waals surface area contributed by atoms with Gasteiger partial charge in [0.1, 0.15) is 0 Å². The molecule has 0 spiro atoms. The van der Waals surface area contributed by atoms with Gasteiger partial charge in [-0.15, -0.1) is 0 Å². The molecule has 116 valence electrons. The van der Waals surface area contributed by atoms with Crippen LogP contribution < -0.4 is 10.6 Å². The van der Waals surface area contributed by atoms with Crippen LogP contribution in [0.5, 0.6) is 0 Å². The minimum Gasteiger partial charge on any atom is -0.394 e. The number of ether oxygens (including phenoxy) is 1. The number of carbonyl (C=O) groups is 1. The molecule has 5 heteroatoms. The first-order valence-electron chi connectivity index (χ1n) is 7.53.